The molecule has 1 aliphatic rings. The topological polar surface area (TPSA) is 38.3 Å². The first-order valence-corrected chi connectivity index (χ1v) is 3.57. The van der Waals surface area contributed by atoms with Gasteiger partial charge in [-0.15, -0.1) is 0 Å². The monoisotopic (exact) mass is 143 g/mol. The zero-order chi connectivity index (χ0) is 7.56. The van der Waals surface area contributed by atoms with Gasteiger partial charge in [0.05, 0.1) is 6.61 Å². The first-order valence-electron chi connectivity index (χ1n) is 3.57. The van der Waals surface area contributed by atoms with E-state index in [-0.39, 0.29) is 6.23 Å². The molecule has 0 saturated carbocycles. The lowest BCUT2D eigenvalue weighted by Gasteiger charge is -2.11. The molecule has 1 saturated heterocycles. The summed E-state index contributed by atoms with van der Waals surface area (Å²) in [5.41, 5.74) is 0. The standard InChI is InChI=1S/C7H13NO2/c1-5(2)6-4-10-7(3-9)8-6/h3,5-8H,4H2,1-2H3/t6-,7?/m0/s1. The van der Waals surface area contributed by atoms with Crippen molar-refractivity contribution in [1.29, 1.82) is 0 Å². The molecule has 0 bridgehead atoms. The fourth-order valence-corrected chi connectivity index (χ4v) is 0.978. The second kappa shape index (κ2) is 3.12. The lowest BCUT2D eigenvalue weighted by atomic mass is 10.1. The van der Waals surface area contributed by atoms with Crippen molar-refractivity contribution in [2.24, 2.45) is 5.92 Å². The lowest BCUT2D eigenvalue weighted by Crippen LogP contribution is -2.34. The summed E-state index contributed by atoms with van der Waals surface area (Å²) in [4.78, 5) is 10.2. The van der Waals surface area contributed by atoms with Gasteiger partial charge in [0, 0.05) is 6.04 Å². The second-order valence-electron chi connectivity index (χ2n) is 2.91. The highest BCUT2D eigenvalue weighted by molar-refractivity contribution is 5.55. The largest absolute Gasteiger partial charge is 0.355 e. The maximum absolute atomic E-state index is 10.2. The smallest absolute Gasteiger partial charge is 0.164 e. The number of hydrogen-bond donors (Lipinski definition) is 1. The Morgan fingerprint density at radius 1 is 1.70 bits per heavy atom. The molecule has 10 heavy (non-hydrogen) atoms. The van der Waals surface area contributed by atoms with Crippen molar-refractivity contribution in [3.8, 4) is 0 Å². The van der Waals surface area contributed by atoms with Crippen molar-refractivity contribution in [1.82, 2.24) is 5.32 Å². The summed E-state index contributed by atoms with van der Waals surface area (Å²) in [6.45, 7) is 4.86. The molecule has 3 heteroatoms. The predicted molar refractivity (Wildman–Crippen MR) is 37.6 cm³/mol. The van der Waals surface area contributed by atoms with E-state index in [1.807, 2.05) is 0 Å². The Morgan fingerprint density at radius 3 is 2.70 bits per heavy atom. The van der Waals surface area contributed by atoms with E-state index in [4.69, 9.17) is 4.74 Å². The Kier molecular flexibility index (Phi) is 2.40. The van der Waals surface area contributed by atoms with Crippen LogP contribution in [0.3, 0.4) is 0 Å². The Balaban J connectivity index is 2.35. The van der Waals surface area contributed by atoms with Crippen LogP contribution in [0.15, 0.2) is 0 Å². The van der Waals surface area contributed by atoms with Crippen molar-refractivity contribution in [3.05, 3.63) is 0 Å². The summed E-state index contributed by atoms with van der Waals surface area (Å²) in [6, 6.07) is 0.343. The van der Waals surface area contributed by atoms with Crippen LogP contribution in [-0.2, 0) is 9.53 Å². The fraction of sp³-hybridized carbons (Fsp3) is 0.857. The molecule has 0 aromatic carbocycles. The molecule has 2 atom stereocenters. The number of nitrogens with one attached hydrogen (secondary N) is 1. The van der Waals surface area contributed by atoms with Gasteiger partial charge >= 0.3 is 0 Å². The molecule has 0 amide bonds. The molecule has 1 N–H and O–H groups in total. The number of aldehydes is 1. The highest BCUT2D eigenvalue weighted by Gasteiger charge is 2.25. The Hall–Kier alpha value is -0.410. The van der Waals surface area contributed by atoms with Crippen molar-refractivity contribution in [2.45, 2.75) is 26.1 Å². The predicted octanol–water partition coefficient (Wildman–Crippen LogP) is 0.156. The van der Waals surface area contributed by atoms with Crippen LogP contribution in [-0.4, -0.2) is 25.2 Å². The molecule has 0 aliphatic carbocycles. The third kappa shape index (κ3) is 1.55. The van der Waals surface area contributed by atoms with E-state index in [0.717, 1.165) is 6.29 Å². The van der Waals surface area contributed by atoms with E-state index in [2.05, 4.69) is 19.2 Å². The van der Waals surface area contributed by atoms with Gasteiger partial charge in [-0.2, -0.15) is 0 Å². The number of ether oxygens (including phenoxy) is 1. The van der Waals surface area contributed by atoms with E-state index < -0.39 is 0 Å². The Bertz CT molecular complexity index is 125. The normalized spacial score (nSPS) is 33.1. The van der Waals surface area contributed by atoms with Gasteiger partial charge < -0.3 is 4.74 Å². The number of rotatable bonds is 2. The minimum Gasteiger partial charge on any atom is -0.355 e. The molecule has 1 rings (SSSR count). The summed E-state index contributed by atoms with van der Waals surface area (Å²) in [7, 11) is 0. The van der Waals surface area contributed by atoms with Crippen molar-refractivity contribution in [2.75, 3.05) is 6.61 Å². The van der Waals surface area contributed by atoms with Gasteiger partial charge in [-0.3, -0.25) is 10.1 Å². The van der Waals surface area contributed by atoms with Gasteiger partial charge in [-0.25, -0.2) is 0 Å². The highest BCUT2D eigenvalue weighted by atomic mass is 16.5. The van der Waals surface area contributed by atoms with Gasteiger partial charge in [-0.1, -0.05) is 13.8 Å². The summed E-state index contributed by atoms with van der Waals surface area (Å²) < 4.78 is 5.10. The minimum absolute atomic E-state index is 0.343. The summed E-state index contributed by atoms with van der Waals surface area (Å²) in [6.07, 6.45) is 0.426. The van der Waals surface area contributed by atoms with Crippen LogP contribution in [0.25, 0.3) is 0 Å². The fourth-order valence-electron chi connectivity index (χ4n) is 0.978. The summed E-state index contributed by atoms with van der Waals surface area (Å²) >= 11 is 0. The number of hydrogen-bond acceptors (Lipinski definition) is 3. The molecule has 1 heterocycles. The van der Waals surface area contributed by atoms with Crippen LogP contribution in [0, 0.1) is 5.92 Å². The van der Waals surface area contributed by atoms with E-state index in [9.17, 15) is 4.79 Å². The molecule has 1 fully saturated rings. The molecular weight excluding hydrogens is 130 g/mol. The van der Waals surface area contributed by atoms with Gasteiger partial charge in [0.1, 0.15) is 0 Å². The average molecular weight is 143 g/mol. The zero-order valence-corrected chi connectivity index (χ0v) is 6.33. The van der Waals surface area contributed by atoms with E-state index in [1.165, 1.54) is 0 Å². The zero-order valence-electron chi connectivity index (χ0n) is 6.33. The van der Waals surface area contributed by atoms with Crippen LogP contribution < -0.4 is 5.32 Å². The molecule has 0 spiro atoms. The molecule has 3 nitrogen and oxygen atoms in total. The van der Waals surface area contributed by atoms with E-state index in [0.29, 0.717) is 18.6 Å². The van der Waals surface area contributed by atoms with Crippen molar-refractivity contribution in [3.63, 3.8) is 0 Å². The first-order chi connectivity index (χ1) is 4.74. The third-order valence-electron chi connectivity index (χ3n) is 1.76. The summed E-state index contributed by atoms with van der Waals surface area (Å²) in [5, 5.41) is 3.05. The molecule has 0 radical (unpaired) electrons. The second-order valence-corrected chi connectivity index (χ2v) is 2.91. The number of carbonyl (C=O) groups is 1. The van der Waals surface area contributed by atoms with Crippen LogP contribution in [0.2, 0.25) is 0 Å². The van der Waals surface area contributed by atoms with Gasteiger partial charge in [0.2, 0.25) is 0 Å². The third-order valence-corrected chi connectivity index (χ3v) is 1.76. The SMILES string of the molecule is CC(C)[C@@H]1COC(C=O)N1. The van der Waals surface area contributed by atoms with Crippen LogP contribution in [0.1, 0.15) is 13.8 Å². The quantitative estimate of drug-likeness (QED) is 0.559. The van der Waals surface area contributed by atoms with Crippen LogP contribution in [0.5, 0.6) is 0 Å². The number of carbonyl (C=O) groups excluding carboxylic acids is 1. The molecule has 58 valence electrons. The van der Waals surface area contributed by atoms with Crippen molar-refractivity contribution < 1.29 is 9.53 Å². The van der Waals surface area contributed by atoms with Crippen LogP contribution in [0.4, 0.5) is 0 Å². The van der Waals surface area contributed by atoms with Crippen LogP contribution >= 0.6 is 0 Å². The molecule has 0 aromatic rings. The van der Waals surface area contributed by atoms with Gasteiger partial charge in [0.15, 0.2) is 12.5 Å². The molecule has 1 unspecified atom stereocenters. The Morgan fingerprint density at radius 2 is 2.40 bits per heavy atom. The molecular formula is C7H13NO2. The molecule has 0 aromatic heterocycles. The lowest BCUT2D eigenvalue weighted by molar-refractivity contribution is -0.116. The Labute approximate surface area is 60.7 Å². The highest BCUT2D eigenvalue weighted by Crippen LogP contribution is 2.09. The van der Waals surface area contributed by atoms with Gasteiger partial charge in [-0.05, 0) is 5.92 Å². The maximum atomic E-state index is 10.2. The first kappa shape index (κ1) is 7.69. The van der Waals surface area contributed by atoms with E-state index >= 15 is 0 Å². The average Bonchev–Trinajstić information content (AvgIpc) is 2.34. The summed E-state index contributed by atoms with van der Waals surface area (Å²) in [5.74, 6) is 0.532. The van der Waals surface area contributed by atoms with Gasteiger partial charge in [0.25, 0.3) is 0 Å². The van der Waals surface area contributed by atoms with Crippen molar-refractivity contribution >= 4 is 6.29 Å². The maximum Gasteiger partial charge on any atom is 0.164 e. The van der Waals surface area contributed by atoms with E-state index in [1.54, 1.807) is 0 Å². The molecule has 1 aliphatic heterocycles. The minimum atomic E-state index is -0.368.